The van der Waals surface area contributed by atoms with Gasteiger partial charge in [-0.05, 0) is 37.3 Å². The van der Waals surface area contributed by atoms with Crippen molar-refractivity contribution in [3.63, 3.8) is 0 Å². The number of hydrogen-bond acceptors (Lipinski definition) is 5. The molecule has 138 valence electrons. The van der Waals surface area contributed by atoms with Gasteiger partial charge in [-0.1, -0.05) is 15.9 Å². The Bertz CT molecular complexity index is 813. The lowest BCUT2D eigenvalue weighted by atomic mass is 10.2. The summed E-state index contributed by atoms with van der Waals surface area (Å²) >= 11 is 3.30. The number of likely N-dealkylation sites (N-methyl/N-ethyl adjacent to an activating group) is 1. The van der Waals surface area contributed by atoms with E-state index in [4.69, 9.17) is 4.42 Å². The molecule has 1 heterocycles. The molecule has 0 bridgehead atoms. The van der Waals surface area contributed by atoms with E-state index >= 15 is 0 Å². The molecule has 0 spiro atoms. The van der Waals surface area contributed by atoms with Crippen molar-refractivity contribution in [2.75, 3.05) is 20.7 Å². The van der Waals surface area contributed by atoms with Crippen LogP contribution in [0.3, 0.4) is 0 Å². The molecule has 0 saturated carbocycles. The molecule has 2 rings (SSSR count). The van der Waals surface area contributed by atoms with Gasteiger partial charge in [0.15, 0.2) is 0 Å². The second-order valence-electron chi connectivity index (χ2n) is 5.61. The van der Waals surface area contributed by atoms with Gasteiger partial charge in [-0.25, -0.2) is 4.79 Å². The first-order valence-electron chi connectivity index (χ1n) is 7.77. The summed E-state index contributed by atoms with van der Waals surface area (Å²) in [5, 5.41) is 2.58. The van der Waals surface area contributed by atoms with Crippen LogP contribution >= 0.6 is 15.9 Å². The SMILES string of the molecule is COC(=O)c1cc(CN(C)C(=O)CNC(=O)c2ccc(Br)cc2)oc1C. The Labute approximate surface area is 159 Å². The zero-order valence-corrected chi connectivity index (χ0v) is 16.3. The Kier molecular flexibility index (Phi) is 6.57. The third kappa shape index (κ3) is 4.95. The van der Waals surface area contributed by atoms with Crippen LogP contribution in [0.15, 0.2) is 39.2 Å². The highest BCUT2D eigenvalue weighted by atomic mass is 79.9. The van der Waals surface area contributed by atoms with Crippen molar-refractivity contribution in [2.45, 2.75) is 13.5 Å². The van der Waals surface area contributed by atoms with Crippen molar-refractivity contribution in [2.24, 2.45) is 0 Å². The Balaban J connectivity index is 1.90. The summed E-state index contributed by atoms with van der Waals surface area (Å²) < 4.78 is 11.0. The maximum absolute atomic E-state index is 12.2. The van der Waals surface area contributed by atoms with Gasteiger partial charge < -0.3 is 19.4 Å². The predicted molar refractivity (Wildman–Crippen MR) is 97.7 cm³/mol. The number of esters is 1. The molecule has 0 atom stereocenters. The molecule has 7 nitrogen and oxygen atoms in total. The van der Waals surface area contributed by atoms with E-state index in [2.05, 4.69) is 26.0 Å². The number of furan rings is 1. The number of amides is 2. The maximum atomic E-state index is 12.2. The quantitative estimate of drug-likeness (QED) is 0.722. The van der Waals surface area contributed by atoms with Crippen LogP contribution in [-0.2, 0) is 16.1 Å². The molecule has 1 N–H and O–H groups in total. The third-order valence-electron chi connectivity index (χ3n) is 3.70. The maximum Gasteiger partial charge on any atom is 0.341 e. The lowest BCUT2D eigenvalue weighted by Crippen LogP contribution is -2.37. The summed E-state index contributed by atoms with van der Waals surface area (Å²) in [7, 11) is 2.88. The standard InChI is InChI=1S/C18H19BrN2O5/c1-11-15(18(24)25-3)8-14(26-11)10-21(2)16(22)9-20-17(23)12-4-6-13(19)7-5-12/h4-8H,9-10H2,1-3H3,(H,20,23). The summed E-state index contributed by atoms with van der Waals surface area (Å²) in [5.74, 6) is -0.229. The second-order valence-corrected chi connectivity index (χ2v) is 6.53. The van der Waals surface area contributed by atoms with Crippen LogP contribution in [0.5, 0.6) is 0 Å². The van der Waals surface area contributed by atoms with E-state index in [1.165, 1.54) is 12.0 Å². The lowest BCUT2D eigenvalue weighted by Gasteiger charge is -2.16. The minimum absolute atomic E-state index is 0.144. The fraction of sp³-hybridized carbons (Fsp3) is 0.278. The average molecular weight is 423 g/mol. The van der Waals surface area contributed by atoms with Crippen LogP contribution in [0.1, 0.15) is 32.2 Å². The van der Waals surface area contributed by atoms with Gasteiger partial charge >= 0.3 is 5.97 Å². The zero-order valence-electron chi connectivity index (χ0n) is 14.7. The van der Waals surface area contributed by atoms with Gasteiger partial charge in [-0.3, -0.25) is 9.59 Å². The first-order chi connectivity index (χ1) is 12.3. The number of carbonyl (C=O) groups excluding carboxylic acids is 3. The predicted octanol–water partition coefficient (Wildman–Crippen LogP) is 2.53. The molecule has 8 heteroatoms. The molecule has 2 amide bonds. The number of methoxy groups -OCH3 is 1. The molecule has 0 saturated heterocycles. The summed E-state index contributed by atoms with van der Waals surface area (Å²) in [6.45, 7) is 1.68. The van der Waals surface area contributed by atoms with E-state index in [-0.39, 0.29) is 24.9 Å². The summed E-state index contributed by atoms with van der Waals surface area (Å²) in [6.07, 6.45) is 0. The molecule has 0 aliphatic heterocycles. The van der Waals surface area contributed by atoms with Crippen LogP contribution in [0.25, 0.3) is 0 Å². The van der Waals surface area contributed by atoms with E-state index in [1.807, 2.05) is 0 Å². The van der Waals surface area contributed by atoms with Gasteiger partial charge in [0, 0.05) is 17.1 Å². The Morgan fingerprint density at radius 2 is 1.88 bits per heavy atom. The summed E-state index contributed by atoms with van der Waals surface area (Å²) in [4.78, 5) is 37.2. The van der Waals surface area contributed by atoms with Crippen molar-refractivity contribution in [3.05, 3.63) is 57.5 Å². The number of nitrogens with one attached hydrogen (secondary N) is 1. The molecule has 0 aliphatic carbocycles. The number of benzene rings is 1. The highest BCUT2D eigenvalue weighted by Gasteiger charge is 2.18. The number of hydrogen-bond donors (Lipinski definition) is 1. The number of ether oxygens (including phenoxy) is 1. The van der Waals surface area contributed by atoms with Gasteiger partial charge in [-0.15, -0.1) is 0 Å². The van der Waals surface area contributed by atoms with Crippen molar-refractivity contribution in [3.8, 4) is 0 Å². The topological polar surface area (TPSA) is 88.9 Å². The van der Waals surface area contributed by atoms with Crippen molar-refractivity contribution in [1.29, 1.82) is 0 Å². The van der Waals surface area contributed by atoms with Crippen molar-refractivity contribution >= 4 is 33.7 Å². The molecular formula is C18H19BrN2O5. The first kappa shape index (κ1) is 19.7. The van der Waals surface area contributed by atoms with E-state index in [0.717, 1.165) is 4.47 Å². The molecule has 2 aromatic rings. The number of nitrogens with zero attached hydrogens (tertiary/aromatic N) is 1. The van der Waals surface area contributed by atoms with Crippen LogP contribution < -0.4 is 5.32 Å². The van der Waals surface area contributed by atoms with Crippen molar-refractivity contribution < 1.29 is 23.5 Å². The van der Waals surface area contributed by atoms with Gasteiger partial charge in [0.05, 0.1) is 20.2 Å². The molecule has 0 aliphatic rings. The summed E-state index contributed by atoms with van der Waals surface area (Å²) in [6, 6.07) is 8.37. The smallest absolute Gasteiger partial charge is 0.341 e. The number of aryl methyl sites for hydroxylation is 1. The van der Waals surface area contributed by atoms with Gasteiger partial charge in [0.25, 0.3) is 5.91 Å². The average Bonchev–Trinajstić information content (AvgIpc) is 2.99. The first-order valence-corrected chi connectivity index (χ1v) is 8.56. The zero-order chi connectivity index (χ0) is 19.3. The van der Waals surface area contributed by atoms with E-state index in [9.17, 15) is 14.4 Å². The molecule has 26 heavy (non-hydrogen) atoms. The molecule has 1 aromatic heterocycles. The van der Waals surface area contributed by atoms with Crippen molar-refractivity contribution in [1.82, 2.24) is 10.2 Å². The molecule has 1 aromatic carbocycles. The van der Waals surface area contributed by atoms with Crippen LogP contribution in [0.2, 0.25) is 0 Å². The monoisotopic (exact) mass is 422 g/mol. The Morgan fingerprint density at radius 1 is 1.23 bits per heavy atom. The highest BCUT2D eigenvalue weighted by molar-refractivity contribution is 9.10. The van der Waals surface area contributed by atoms with E-state index < -0.39 is 5.97 Å². The van der Waals surface area contributed by atoms with Crippen LogP contribution in [0.4, 0.5) is 0 Å². The highest BCUT2D eigenvalue weighted by Crippen LogP contribution is 2.17. The minimum Gasteiger partial charge on any atom is -0.465 e. The number of rotatable bonds is 6. The molecular weight excluding hydrogens is 404 g/mol. The molecule has 0 radical (unpaired) electrons. The second kappa shape index (κ2) is 8.66. The van der Waals surface area contributed by atoms with Crippen LogP contribution in [0, 0.1) is 6.92 Å². The Hall–Kier alpha value is -2.61. The minimum atomic E-state index is -0.492. The van der Waals surface area contributed by atoms with Gasteiger partial charge in [-0.2, -0.15) is 0 Å². The summed E-state index contributed by atoms with van der Waals surface area (Å²) in [5.41, 5.74) is 0.792. The van der Waals surface area contributed by atoms with E-state index in [1.54, 1.807) is 44.3 Å². The fourth-order valence-electron chi connectivity index (χ4n) is 2.25. The molecule has 0 unspecified atom stereocenters. The normalized spacial score (nSPS) is 10.3. The van der Waals surface area contributed by atoms with E-state index in [0.29, 0.717) is 22.6 Å². The van der Waals surface area contributed by atoms with Crippen LogP contribution in [-0.4, -0.2) is 43.4 Å². The number of halogens is 1. The lowest BCUT2D eigenvalue weighted by molar-refractivity contribution is -0.129. The van der Waals surface area contributed by atoms with Gasteiger partial charge in [0.1, 0.15) is 17.1 Å². The largest absolute Gasteiger partial charge is 0.465 e. The van der Waals surface area contributed by atoms with Gasteiger partial charge in [0.2, 0.25) is 5.91 Å². The third-order valence-corrected chi connectivity index (χ3v) is 4.23. The molecule has 0 fully saturated rings. The fourth-order valence-corrected chi connectivity index (χ4v) is 2.51. The Morgan fingerprint density at radius 3 is 2.50 bits per heavy atom. The number of carbonyl (C=O) groups is 3.